The fourth-order valence-corrected chi connectivity index (χ4v) is 2.62. The van der Waals surface area contributed by atoms with Crippen LogP contribution in [0.3, 0.4) is 0 Å². The minimum absolute atomic E-state index is 0.163. The molecule has 0 radical (unpaired) electrons. The molecule has 2 aromatic heterocycles. The lowest BCUT2D eigenvalue weighted by atomic mass is 10.2. The number of halogens is 5. The second-order valence-corrected chi connectivity index (χ2v) is 6.87. The van der Waals surface area contributed by atoms with Crippen molar-refractivity contribution >= 4 is 22.9 Å². The summed E-state index contributed by atoms with van der Waals surface area (Å²) < 4.78 is 60.0. The molecule has 0 aliphatic rings. The number of aromatic nitrogens is 4. The summed E-state index contributed by atoms with van der Waals surface area (Å²) in [5.74, 6) is -4.09. The number of aromatic amines is 1. The zero-order chi connectivity index (χ0) is 24.2. The van der Waals surface area contributed by atoms with Crippen LogP contribution in [-0.4, -0.2) is 42.7 Å². The van der Waals surface area contributed by atoms with Crippen LogP contribution in [0.25, 0.3) is 11.0 Å². The van der Waals surface area contributed by atoms with Crippen molar-refractivity contribution < 1.29 is 36.6 Å². The summed E-state index contributed by atoms with van der Waals surface area (Å²) in [6.45, 7) is 5.99. The van der Waals surface area contributed by atoms with Crippen molar-refractivity contribution in [3.8, 4) is 0 Å². The topological polar surface area (TPSA) is 113 Å². The van der Waals surface area contributed by atoms with Gasteiger partial charge in [0.15, 0.2) is 11.6 Å². The maximum atomic E-state index is 13.4. The molecule has 1 amide bonds. The molecular formula is C19H20F5N5O3. The highest BCUT2D eigenvalue weighted by atomic mass is 19.4. The van der Waals surface area contributed by atoms with Gasteiger partial charge in [0.1, 0.15) is 5.82 Å². The zero-order valence-corrected chi connectivity index (χ0v) is 17.2. The molecule has 0 spiro atoms. The molecule has 13 heteroatoms. The number of carboxylic acids is 1. The molecule has 0 fully saturated rings. The maximum absolute atomic E-state index is 13.4. The van der Waals surface area contributed by atoms with Crippen molar-refractivity contribution in [2.24, 2.45) is 0 Å². The van der Waals surface area contributed by atoms with Gasteiger partial charge in [-0.25, -0.2) is 23.5 Å². The number of amides is 1. The standard InChI is InChI=1S/C17H19F2N5O.C2HF3O2/c1-9-10(2)23-17(22-9)11(3)21-16(25)4-5-24-8-20-14-6-12(18)13(19)7-15(14)24;3-2(4,5)1(6)7/h6-8,11H,4-5H2,1-3H3,(H,21,25)(H,22,23);(H,6,7). The molecule has 8 nitrogen and oxygen atoms in total. The van der Waals surface area contributed by atoms with Gasteiger partial charge in [-0.15, -0.1) is 0 Å². The van der Waals surface area contributed by atoms with Crippen LogP contribution in [0, 0.1) is 25.5 Å². The second kappa shape index (κ2) is 9.75. The second-order valence-electron chi connectivity index (χ2n) is 6.87. The Kier molecular flexibility index (Phi) is 7.54. The van der Waals surface area contributed by atoms with E-state index in [1.165, 1.54) is 6.33 Å². The van der Waals surface area contributed by atoms with E-state index in [9.17, 15) is 26.7 Å². The van der Waals surface area contributed by atoms with Crippen LogP contribution >= 0.6 is 0 Å². The summed E-state index contributed by atoms with van der Waals surface area (Å²) in [6, 6.07) is 1.89. The number of fused-ring (bicyclic) bond motifs is 1. The van der Waals surface area contributed by atoms with Gasteiger partial charge >= 0.3 is 12.1 Å². The molecule has 0 bridgehead atoms. The van der Waals surface area contributed by atoms with Gasteiger partial charge in [-0.1, -0.05) is 0 Å². The number of nitrogens with zero attached hydrogens (tertiary/aromatic N) is 3. The third-order valence-electron chi connectivity index (χ3n) is 4.42. The van der Waals surface area contributed by atoms with Crippen LogP contribution in [0.5, 0.6) is 0 Å². The summed E-state index contributed by atoms with van der Waals surface area (Å²) in [4.78, 5) is 32.6. The van der Waals surface area contributed by atoms with Gasteiger partial charge in [-0.2, -0.15) is 13.2 Å². The van der Waals surface area contributed by atoms with E-state index in [0.717, 1.165) is 23.5 Å². The molecule has 3 N–H and O–H groups in total. The van der Waals surface area contributed by atoms with E-state index in [1.807, 2.05) is 20.8 Å². The third-order valence-corrected chi connectivity index (χ3v) is 4.42. The number of rotatable bonds is 5. The van der Waals surface area contributed by atoms with E-state index in [0.29, 0.717) is 23.4 Å². The summed E-state index contributed by atoms with van der Waals surface area (Å²) in [5.41, 5.74) is 2.68. The fraction of sp³-hybridized carbons (Fsp3) is 0.368. The molecule has 3 aromatic rings. The van der Waals surface area contributed by atoms with Gasteiger partial charge in [-0.3, -0.25) is 4.79 Å². The van der Waals surface area contributed by atoms with Gasteiger partial charge in [0.05, 0.1) is 29.1 Å². The molecule has 32 heavy (non-hydrogen) atoms. The summed E-state index contributed by atoms with van der Waals surface area (Å²) in [7, 11) is 0. The number of hydrogen-bond acceptors (Lipinski definition) is 4. The lowest BCUT2D eigenvalue weighted by Gasteiger charge is -2.12. The van der Waals surface area contributed by atoms with Crippen LogP contribution in [0.15, 0.2) is 18.5 Å². The lowest BCUT2D eigenvalue weighted by Crippen LogP contribution is -2.28. The first-order valence-electron chi connectivity index (χ1n) is 9.22. The molecule has 3 rings (SSSR count). The van der Waals surface area contributed by atoms with Crippen molar-refractivity contribution in [2.45, 2.75) is 46.0 Å². The quantitative estimate of drug-likeness (QED) is 0.503. The highest BCUT2D eigenvalue weighted by molar-refractivity contribution is 5.78. The zero-order valence-electron chi connectivity index (χ0n) is 17.2. The number of aryl methyl sites for hydroxylation is 3. The molecule has 0 saturated heterocycles. The van der Waals surface area contributed by atoms with Gasteiger partial charge in [0, 0.05) is 30.8 Å². The largest absolute Gasteiger partial charge is 0.490 e. The number of H-pyrrole nitrogens is 1. The number of carbonyl (C=O) groups excluding carboxylic acids is 1. The first-order valence-corrected chi connectivity index (χ1v) is 9.22. The molecule has 0 aliphatic carbocycles. The Hall–Kier alpha value is -3.51. The molecular weight excluding hydrogens is 441 g/mol. The smallest absolute Gasteiger partial charge is 0.475 e. The Morgan fingerprint density at radius 1 is 1.22 bits per heavy atom. The van der Waals surface area contributed by atoms with Crippen molar-refractivity contribution in [1.29, 1.82) is 0 Å². The van der Waals surface area contributed by atoms with Crippen LogP contribution in [0.4, 0.5) is 22.0 Å². The third kappa shape index (κ3) is 6.25. The summed E-state index contributed by atoms with van der Waals surface area (Å²) >= 11 is 0. The van der Waals surface area contributed by atoms with E-state index in [1.54, 1.807) is 4.57 Å². The summed E-state index contributed by atoms with van der Waals surface area (Å²) in [6.07, 6.45) is -3.42. The van der Waals surface area contributed by atoms with Crippen LogP contribution in [0.1, 0.15) is 36.6 Å². The lowest BCUT2D eigenvalue weighted by molar-refractivity contribution is -0.192. The molecule has 2 heterocycles. The first kappa shape index (κ1) is 24.8. The van der Waals surface area contributed by atoms with Crippen molar-refractivity contribution in [3.63, 3.8) is 0 Å². The van der Waals surface area contributed by atoms with Crippen LogP contribution in [-0.2, 0) is 16.1 Å². The molecule has 1 unspecified atom stereocenters. The van der Waals surface area contributed by atoms with E-state index in [2.05, 4.69) is 20.3 Å². The predicted molar refractivity (Wildman–Crippen MR) is 103 cm³/mol. The Morgan fingerprint density at radius 3 is 2.34 bits per heavy atom. The number of carboxylic acid groups (broad SMARTS) is 1. The average Bonchev–Trinajstić information content (AvgIpc) is 3.23. The predicted octanol–water partition coefficient (Wildman–Crippen LogP) is 3.56. The van der Waals surface area contributed by atoms with Crippen LogP contribution < -0.4 is 5.32 Å². The average molecular weight is 461 g/mol. The Morgan fingerprint density at radius 2 is 1.81 bits per heavy atom. The van der Waals surface area contributed by atoms with Gasteiger partial charge in [-0.05, 0) is 20.8 Å². The number of benzene rings is 1. The molecule has 174 valence electrons. The Bertz CT molecular complexity index is 1100. The number of nitrogens with one attached hydrogen (secondary N) is 2. The van der Waals surface area contributed by atoms with Gasteiger partial charge in [0.25, 0.3) is 0 Å². The molecule has 0 saturated carbocycles. The van der Waals surface area contributed by atoms with Crippen molar-refractivity contribution in [2.75, 3.05) is 0 Å². The minimum Gasteiger partial charge on any atom is -0.475 e. The van der Waals surface area contributed by atoms with E-state index < -0.39 is 23.8 Å². The molecule has 1 atom stereocenters. The monoisotopic (exact) mass is 461 g/mol. The van der Waals surface area contributed by atoms with E-state index in [-0.39, 0.29) is 18.4 Å². The van der Waals surface area contributed by atoms with Crippen LogP contribution in [0.2, 0.25) is 0 Å². The molecule has 1 aromatic carbocycles. The normalized spacial score (nSPS) is 12.2. The Balaban J connectivity index is 0.000000451. The molecule has 0 aliphatic heterocycles. The van der Waals surface area contributed by atoms with Crippen molar-refractivity contribution in [3.05, 3.63) is 47.3 Å². The van der Waals surface area contributed by atoms with Crippen molar-refractivity contribution in [1.82, 2.24) is 24.8 Å². The highest BCUT2D eigenvalue weighted by Gasteiger charge is 2.38. The highest BCUT2D eigenvalue weighted by Crippen LogP contribution is 2.18. The number of imidazole rings is 2. The summed E-state index contributed by atoms with van der Waals surface area (Å²) in [5, 5.41) is 9.99. The first-order chi connectivity index (χ1) is 14.8. The van der Waals surface area contributed by atoms with E-state index in [4.69, 9.17) is 9.90 Å². The van der Waals surface area contributed by atoms with E-state index >= 15 is 0 Å². The fourth-order valence-electron chi connectivity index (χ4n) is 2.62. The Labute approximate surface area is 178 Å². The number of carbonyl (C=O) groups is 2. The number of aliphatic carboxylic acids is 1. The SMILES string of the molecule is Cc1nc(C(C)NC(=O)CCn2cnc3cc(F)c(F)cc32)[nH]c1C.O=C(O)C(F)(F)F. The van der Waals surface area contributed by atoms with Gasteiger partial charge < -0.3 is 20.0 Å². The number of alkyl halides is 3. The maximum Gasteiger partial charge on any atom is 0.490 e. The minimum atomic E-state index is -5.08. The number of hydrogen-bond donors (Lipinski definition) is 3. The van der Waals surface area contributed by atoms with Gasteiger partial charge in [0.2, 0.25) is 5.91 Å².